The van der Waals surface area contributed by atoms with Crippen molar-refractivity contribution in [3.05, 3.63) is 0 Å². The van der Waals surface area contributed by atoms with Gasteiger partial charge in [0, 0.05) is 6.54 Å². The fourth-order valence-corrected chi connectivity index (χ4v) is 4.05. The molecule has 0 rings (SSSR count). The number of nitrogens with two attached hydrogens (primary N) is 6. The number of amides is 8. The van der Waals surface area contributed by atoms with Gasteiger partial charge in [0.05, 0.1) is 25.3 Å². The number of primary amides is 3. The van der Waals surface area contributed by atoms with Crippen LogP contribution < -0.4 is 61.0 Å². The van der Waals surface area contributed by atoms with Crippen LogP contribution in [0.5, 0.6) is 0 Å². The summed E-state index contributed by atoms with van der Waals surface area (Å²) in [6.45, 7) is 4.51. The van der Waals surface area contributed by atoms with Crippen LogP contribution in [0, 0.1) is 5.92 Å². The monoisotopic (exact) mass is 700 g/mol. The number of aliphatic imine (C=N–C) groups is 1. The molecule has 0 aromatic heterocycles. The number of aliphatic carboxylic acids is 1. The van der Waals surface area contributed by atoms with E-state index in [-0.39, 0.29) is 25.3 Å². The number of carbonyl (C=O) groups excluding carboxylic acids is 8. The molecule has 8 amide bonds. The van der Waals surface area contributed by atoms with Crippen molar-refractivity contribution in [3.8, 4) is 0 Å². The fourth-order valence-electron chi connectivity index (χ4n) is 4.05. The van der Waals surface area contributed by atoms with E-state index in [1.165, 1.54) is 6.92 Å². The second-order valence-electron chi connectivity index (χ2n) is 11.2. The molecular weight excluding hydrogens is 652 g/mol. The van der Waals surface area contributed by atoms with E-state index in [9.17, 15) is 43.2 Å². The van der Waals surface area contributed by atoms with Crippen LogP contribution in [0.4, 0.5) is 0 Å². The number of carboxylic acid groups (broad SMARTS) is 1. The number of nitrogens with one attached hydrogen (secondary N) is 5. The van der Waals surface area contributed by atoms with E-state index in [1.807, 2.05) is 0 Å². The first-order valence-electron chi connectivity index (χ1n) is 15.1. The standard InChI is InChI=1S/C27H48N12O10/c1-4-11(2)20(25(47)35-12(3)26(48)49)39-24(46)16(10-19(31)42)38-23(45)15(9-18(30)41)37-22(44)14(6-5-7-34-27(32)33)36-21(43)13(28)8-17(29)40/h11-16,20H,4-10,28H2,1-3H3,(H2,29,40)(H2,30,41)(H2,31,42)(H,35,47)(H,36,43)(H,37,44)(H,38,45)(H,39,46)(H,48,49)(H4,32,33,34)/t11-,12-,13-,14-,15-,16-,20-/m0/s1. The molecule has 0 aliphatic heterocycles. The Hall–Kier alpha value is -5.54. The lowest BCUT2D eigenvalue weighted by Gasteiger charge is -2.28. The van der Waals surface area contributed by atoms with Gasteiger partial charge in [0.1, 0.15) is 30.2 Å². The third kappa shape index (κ3) is 17.3. The average Bonchev–Trinajstić information content (AvgIpc) is 2.98. The molecule has 0 aromatic rings. The maximum absolute atomic E-state index is 13.3. The summed E-state index contributed by atoms with van der Waals surface area (Å²) in [4.78, 5) is 115. The lowest BCUT2D eigenvalue weighted by molar-refractivity contribution is -0.142. The molecule has 22 nitrogen and oxygen atoms in total. The highest BCUT2D eigenvalue weighted by Crippen LogP contribution is 2.10. The highest BCUT2D eigenvalue weighted by Gasteiger charge is 2.35. The molecule has 49 heavy (non-hydrogen) atoms. The van der Waals surface area contributed by atoms with Gasteiger partial charge in [0.2, 0.25) is 47.3 Å². The summed E-state index contributed by atoms with van der Waals surface area (Å²) in [7, 11) is 0. The van der Waals surface area contributed by atoms with E-state index in [2.05, 4.69) is 31.6 Å². The largest absolute Gasteiger partial charge is 0.480 e. The number of guanidine groups is 1. The van der Waals surface area contributed by atoms with Crippen LogP contribution >= 0.6 is 0 Å². The Morgan fingerprint density at radius 1 is 0.633 bits per heavy atom. The predicted octanol–water partition coefficient (Wildman–Crippen LogP) is -6.43. The smallest absolute Gasteiger partial charge is 0.325 e. The molecule has 0 bridgehead atoms. The third-order valence-electron chi connectivity index (χ3n) is 6.94. The van der Waals surface area contributed by atoms with Gasteiger partial charge >= 0.3 is 5.97 Å². The Morgan fingerprint density at radius 2 is 1.08 bits per heavy atom. The molecule has 7 atom stereocenters. The number of rotatable bonds is 23. The molecule has 0 saturated heterocycles. The summed E-state index contributed by atoms with van der Waals surface area (Å²) in [6.07, 6.45) is -1.83. The van der Waals surface area contributed by atoms with Crippen LogP contribution in [0.3, 0.4) is 0 Å². The zero-order valence-corrected chi connectivity index (χ0v) is 27.5. The maximum Gasteiger partial charge on any atom is 0.325 e. The van der Waals surface area contributed by atoms with Crippen molar-refractivity contribution in [1.82, 2.24) is 26.6 Å². The normalized spacial score (nSPS) is 14.9. The van der Waals surface area contributed by atoms with E-state index in [4.69, 9.17) is 39.5 Å². The molecule has 0 unspecified atom stereocenters. The van der Waals surface area contributed by atoms with Crippen molar-refractivity contribution in [2.75, 3.05) is 6.54 Å². The van der Waals surface area contributed by atoms with Crippen LogP contribution in [0.2, 0.25) is 0 Å². The Balaban J connectivity index is 6.20. The molecule has 0 heterocycles. The molecule has 18 N–H and O–H groups in total. The highest BCUT2D eigenvalue weighted by molar-refractivity contribution is 5.99. The molecule has 0 spiro atoms. The molecule has 0 fully saturated rings. The van der Waals surface area contributed by atoms with Gasteiger partial charge in [0.15, 0.2) is 5.96 Å². The fraction of sp³-hybridized carbons (Fsp3) is 0.630. The van der Waals surface area contributed by atoms with Gasteiger partial charge in [0.25, 0.3) is 0 Å². The number of carbonyl (C=O) groups is 9. The van der Waals surface area contributed by atoms with Gasteiger partial charge in [-0.05, 0) is 25.7 Å². The molecule has 0 radical (unpaired) electrons. The van der Waals surface area contributed by atoms with Gasteiger partial charge in [-0.1, -0.05) is 20.3 Å². The molecule has 22 heteroatoms. The third-order valence-corrected chi connectivity index (χ3v) is 6.94. The summed E-state index contributed by atoms with van der Waals surface area (Å²) in [5.41, 5.74) is 31.9. The van der Waals surface area contributed by atoms with Crippen molar-refractivity contribution >= 4 is 59.2 Å². The number of nitrogens with zero attached hydrogens (tertiary/aromatic N) is 1. The lowest BCUT2D eigenvalue weighted by atomic mass is 9.97. The zero-order valence-electron chi connectivity index (χ0n) is 27.5. The van der Waals surface area contributed by atoms with Crippen LogP contribution in [-0.4, -0.2) is 107 Å². The minimum absolute atomic E-state index is 0.0231. The molecular formula is C27H48N12O10. The van der Waals surface area contributed by atoms with E-state index >= 15 is 0 Å². The quantitative estimate of drug-likeness (QED) is 0.0268. The first kappa shape index (κ1) is 43.5. The molecule has 0 aliphatic carbocycles. The van der Waals surface area contributed by atoms with Gasteiger partial charge in [-0.25, -0.2) is 0 Å². The van der Waals surface area contributed by atoms with E-state index in [0.29, 0.717) is 6.42 Å². The lowest BCUT2D eigenvalue weighted by Crippen LogP contribution is -2.60. The van der Waals surface area contributed by atoms with E-state index in [0.717, 1.165) is 0 Å². The zero-order chi connectivity index (χ0) is 38.0. The maximum atomic E-state index is 13.3. The van der Waals surface area contributed by atoms with E-state index in [1.54, 1.807) is 13.8 Å². The predicted molar refractivity (Wildman–Crippen MR) is 172 cm³/mol. The summed E-state index contributed by atoms with van der Waals surface area (Å²) in [6, 6.07) is -8.98. The minimum Gasteiger partial charge on any atom is -0.480 e. The van der Waals surface area contributed by atoms with Crippen LogP contribution in [0.25, 0.3) is 0 Å². The second-order valence-corrected chi connectivity index (χ2v) is 11.2. The van der Waals surface area contributed by atoms with Crippen LogP contribution in [0.1, 0.15) is 59.3 Å². The Labute approximate surface area is 281 Å². The summed E-state index contributed by atoms with van der Waals surface area (Å²) in [5.74, 6) is -10.3. The molecule has 0 aliphatic rings. The van der Waals surface area contributed by atoms with Crippen molar-refractivity contribution in [1.29, 1.82) is 0 Å². The molecule has 0 saturated carbocycles. The Kier molecular flexibility index (Phi) is 18.9. The SMILES string of the molecule is CC[C@H](C)[C@H](NC(=O)[C@H](CC(N)=O)NC(=O)[C@H](CC(N)=O)NC(=O)[C@H](CCCN=C(N)N)NC(=O)[C@@H](N)CC(N)=O)C(=O)N[C@@H](C)C(=O)O. The van der Waals surface area contributed by atoms with Crippen molar-refractivity contribution in [2.45, 2.75) is 95.5 Å². The molecule has 276 valence electrons. The van der Waals surface area contributed by atoms with Crippen molar-refractivity contribution < 1.29 is 48.3 Å². The number of hydrogen-bond donors (Lipinski definition) is 12. The number of hydrogen-bond acceptors (Lipinski definition) is 11. The summed E-state index contributed by atoms with van der Waals surface area (Å²) in [5, 5.41) is 20.5. The number of carboxylic acids is 1. The van der Waals surface area contributed by atoms with Gasteiger partial charge in [-0.3, -0.25) is 48.1 Å². The van der Waals surface area contributed by atoms with Crippen molar-refractivity contribution in [2.24, 2.45) is 45.3 Å². The second kappa shape index (κ2) is 21.4. The Morgan fingerprint density at radius 3 is 1.51 bits per heavy atom. The van der Waals surface area contributed by atoms with E-state index < -0.39 is 115 Å². The van der Waals surface area contributed by atoms with Gasteiger partial charge < -0.3 is 66.1 Å². The summed E-state index contributed by atoms with van der Waals surface area (Å²) >= 11 is 0. The highest BCUT2D eigenvalue weighted by atomic mass is 16.4. The first-order valence-corrected chi connectivity index (χ1v) is 15.1. The first-order chi connectivity index (χ1) is 22.7. The Bertz CT molecular complexity index is 1270. The van der Waals surface area contributed by atoms with Gasteiger partial charge in [-0.2, -0.15) is 0 Å². The topological polar surface area (TPSA) is 402 Å². The van der Waals surface area contributed by atoms with Gasteiger partial charge in [-0.15, -0.1) is 0 Å². The average molecular weight is 701 g/mol. The molecule has 0 aromatic carbocycles. The van der Waals surface area contributed by atoms with Crippen molar-refractivity contribution in [3.63, 3.8) is 0 Å². The minimum atomic E-state index is -1.77. The van der Waals surface area contributed by atoms with Crippen LogP contribution in [0.15, 0.2) is 4.99 Å². The van der Waals surface area contributed by atoms with Crippen LogP contribution in [-0.2, 0) is 43.2 Å². The summed E-state index contributed by atoms with van der Waals surface area (Å²) < 4.78 is 0.